The van der Waals surface area contributed by atoms with Gasteiger partial charge in [-0.05, 0) is 38.0 Å². The largest absolute Gasteiger partial charge is 0.497 e. The highest BCUT2D eigenvalue weighted by molar-refractivity contribution is 5.30. The molecular formula is C14H22N2O. The van der Waals surface area contributed by atoms with Gasteiger partial charge in [0.05, 0.1) is 13.2 Å². The monoisotopic (exact) mass is 234 g/mol. The predicted molar refractivity (Wildman–Crippen MR) is 70.2 cm³/mol. The minimum atomic E-state index is 0.241. The van der Waals surface area contributed by atoms with E-state index < -0.39 is 0 Å². The summed E-state index contributed by atoms with van der Waals surface area (Å²) in [6, 6.07) is 9.41. The van der Waals surface area contributed by atoms with E-state index in [9.17, 15) is 0 Å². The highest BCUT2D eigenvalue weighted by atomic mass is 16.5. The maximum atomic E-state index is 6.24. The number of rotatable bonds is 3. The van der Waals surface area contributed by atoms with Gasteiger partial charge in [0.2, 0.25) is 0 Å². The van der Waals surface area contributed by atoms with Crippen LogP contribution in [-0.4, -0.2) is 30.6 Å². The summed E-state index contributed by atoms with van der Waals surface area (Å²) in [6.45, 7) is 5.55. The van der Waals surface area contributed by atoms with E-state index in [0.717, 1.165) is 18.7 Å². The van der Waals surface area contributed by atoms with Gasteiger partial charge in [0, 0.05) is 18.6 Å². The SMILES string of the molecule is COc1ccc(C2C(N)CCN2C(C)C)cc1. The summed E-state index contributed by atoms with van der Waals surface area (Å²) >= 11 is 0. The van der Waals surface area contributed by atoms with Gasteiger partial charge in [-0.1, -0.05) is 12.1 Å². The summed E-state index contributed by atoms with van der Waals surface area (Å²) < 4.78 is 5.19. The van der Waals surface area contributed by atoms with Crippen molar-refractivity contribution in [3.8, 4) is 5.75 Å². The molecule has 2 rings (SSSR count). The zero-order chi connectivity index (χ0) is 12.4. The maximum absolute atomic E-state index is 6.24. The van der Waals surface area contributed by atoms with Crippen molar-refractivity contribution in [3.63, 3.8) is 0 Å². The molecule has 0 aliphatic carbocycles. The van der Waals surface area contributed by atoms with Crippen LogP contribution in [0.3, 0.4) is 0 Å². The highest BCUT2D eigenvalue weighted by Crippen LogP contribution is 2.33. The molecule has 2 N–H and O–H groups in total. The van der Waals surface area contributed by atoms with Crippen molar-refractivity contribution in [1.29, 1.82) is 0 Å². The Kier molecular flexibility index (Phi) is 3.69. The minimum absolute atomic E-state index is 0.241. The standard InChI is InChI=1S/C14H22N2O/c1-10(2)16-9-8-13(15)14(16)11-4-6-12(17-3)7-5-11/h4-7,10,13-14H,8-9,15H2,1-3H3. The van der Waals surface area contributed by atoms with Gasteiger partial charge < -0.3 is 10.5 Å². The van der Waals surface area contributed by atoms with Gasteiger partial charge in [0.15, 0.2) is 0 Å². The van der Waals surface area contributed by atoms with Crippen LogP contribution in [0.4, 0.5) is 0 Å². The number of nitrogens with two attached hydrogens (primary N) is 1. The Bertz CT molecular complexity index is 361. The zero-order valence-electron chi connectivity index (χ0n) is 10.9. The van der Waals surface area contributed by atoms with Gasteiger partial charge in [0.25, 0.3) is 0 Å². The quantitative estimate of drug-likeness (QED) is 0.871. The molecule has 1 saturated heterocycles. The Morgan fingerprint density at radius 3 is 2.47 bits per heavy atom. The van der Waals surface area contributed by atoms with Crippen molar-refractivity contribution >= 4 is 0 Å². The van der Waals surface area contributed by atoms with Crippen LogP contribution >= 0.6 is 0 Å². The van der Waals surface area contributed by atoms with Crippen LogP contribution in [0.15, 0.2) is 24.3 Å². The molecule has 94 valence electrons. The molecule has 1 aromatic carbocycles. The number of hydrogen-bond donors (Lipinski definition) is 1. The third-order valence-electron chi connectivity index (χ3n) is 3.60. The summed E-state index contributed by atoms with van der Waals surface area (Å²) in [5.41, 5.74) is 7.53. The van der Waals surface area contributed by atoms with E-state index in [0.29, 0.717) is 12.1 Å². The molecular weight excluding hydrogens is 212 g/mol. The minimum Gasteiger partial charge on any atom is -0.497 e. The lowest BCUT2D eigenvalue weighted by molar-refractivity contribution is 0.198. The summed E-state index contributed by atoms with van der Waals surface area (Å²) in [5.74, 6) is 0.899. The molecule has 2 atom stereocenters. The van der Waals surface area contributed by atoms with E-state index in [2.05, 4.69) is 30.9 Å². The molecule has 3 nitrogen and oxygen atoms in total. The average Bonchev–Trinajstić information content (AvgIpc) is 2.71. The molecule has 3 heteroatoms. The van der Waals surface area contributed by atoms with Crippen LogP contribution < -0.4 is 10.5 Å². The third kappa shape index (κ3) is 2.45. The molecule has 1 aliphatic heterocycles. The highest BCUT2D eigenvalue weighted by Gasteiger charge is 2.34. The average molecular weight is 234 g/mol. The van der Waals surface area contributed by atoms with Crippen molar-refractivity contribution in [2.75, 3.05) is 13.7 Å². The molecule has 1 heterocycles. The van der Waals surface area contributed by atoms with E-state index >= 15 is 0 Å². The molecule has 0 spiro atoms. The molecule has 1 fully saturated rings. The molecule has 0 amide bonds. The number of nitrogens with zero attached hydrogens (tertiary/aromatic N) is 1. The summed E-state index contributed by atoms with van der Waals surface area (Å²) in [5, 5.41) is 0. The van der Waals surface area contributed by atoms with Crippen molar-refractivity contribution in [2.24, 2.45) is 5.73 Å². The molecule has 0 aromatic heterocycles. The Morgan fingerprint density at radius 1 is 1.29 bits per heavy atom. The molecule has 1 aliphatic rings. The van der Waals surface area contributed by atoms with Gasteiger partial charge >= 0.3 is 0 Å². The van der Waals surface area contributed by atoms with E-state index in [-0.39, 0.29) is 6.04 Å². The zero-order valence-corrected chi connectivity index (χ0v) is 10.9. The number of likely N-dealkylation sites (tertiary alicyclic amines) is 1. The first-order chi connectivity index (χ1) is 8.13. The van der Waals surface area contributed by atoms with Gasteiger partial charge in [-0.15, -0.1) is 0 Å². The van der Waals surface area contributed by atoms with Crippen molar-refractivity contribution in [2.45, 2.75) is 38.4 Å². The van der Waals surface area contributed by atoms with Gasteiger partial charge in [-0.25, -0.2) is 0 Å². The molecule has 17 heavy (non-hydrogen) atoms. The van der Waals surface area contributed by atoms with E-state index in [1.165, 1.54) is 5.56 Å². The third-order valence-corrected chi connectivity index (χ3v) is 3.60. The molecule has 1 aromatic rings. The Morgan fingerprint density at radius 2 is 1.94 bits per heavy atom. The Hall–Kier alpha value is -1.06. The number of hydrogen-bond acceptors (Lipinski definition) is 3. The summed E-state index contributed by atoms with van der Waals surface area (Å²) in [6.07, 6.45) is 1.08. The van der Waals surface area contributed by atoms with Crippen LogP contribution in [0.5, 0.6) is 5.75 Å². The summed E-state index contributed by atoms with van der Waals surface area (Å²) in [7, 11) is 1.69. The van der Waals surface area contributed by atoms with Gasteiger partial charge in [-0.3, -0.25) is 4.90 Å². The second-order valence-electron chi connectivity index (χ2n) is 5.00. The lowest BCUT2D eigenvalue weighted by atomic mass is 10.00. The second kappa shape index (κ2) is 5.07. The number of benzene rings is 1. The molecule has 2 unspecified atom stereocenters. The first kappa shape index (κ1) is 12.4. The summed E-state index contributed by atoms with van der Waals surface area (Å²) in [4.78, 5) is 2.48. The first-order valence-corrected chi connectivity index (χ1v) is 6.28. The van der Waals surface area contributed by atoms with Crippen molar-refractivity contribution in [1.82, 2.24) is 4.90 Å². The van der Waals surface area contributed by atoms with E-state index in [1.807, 2.05) is 12.1 Å². The van der Waals surface area contributed by atoms with Crippen LogP contribution in [0.1, 0.15) is 31.9 Å². The smallest absolute Gasteiger partial charge is 0.118 e. The number of ether oxygens (including phenoxy) is 1. The van der Waals surface area contributed by atoms with Crippen molar-refractivity contribution < 1.29 is 4.74 Å². The topological polar surface area (TPSA) is 38.5 Å². The fraction of sp³-hybridized carbons (Fsp3) is 0.571. The van der Waals surface area contributed by atoms with Gasteiger partial charge in [-0.2, -0.15) is 0 Å². The normalized spacial score (nSPS) is 25.5. The van der Waals surface area contributed by atoms with E-state index in [4.69, 9.17) is 10.5 Å². The van der Waals surface area contributed by atoms with Crippen LogP contribution in [0.25, 0.3) is 0 Å². The Balaban J connectivity index is 2.23. The van der Waals surface area contributed by atoms with Crippen LogP contribution in [-0.2, 0) is 0 Å². The Labute approximate surface area is 104 Å². The molecule has 0 saturated carbocycles. The molecule has 0 bridgehead atoms. The van der Waals surface area contributed by atoms with Gasteiger partial charge in [0.1, 0.15) is 5.75 Å². The lowest BCUT2D eigenvalue weighted by Gasteiger charge is -2.30. The fourth-order valence-corrected chi connectivity index (χ4v) is 2.66. The second-order valence-corrected chi connectivity index (χ2v) is 5.00. The lowest BCUT2D eigenvalue weighted by Crippen LogP contribution is -2.35. The predicted octanol–water partition coefficient (Wildman–Crippen LogP) is 2.18. The number of methoxy groups -OCH3 is 1. The van der Waals surface area contributed by atoms with E-state index in [1.54, 1.807) is 7.11 Å². The van der Waals surface area contributed by atoms with Crippen LogP contribution in [0.2, 0.25) is 0 Å². The fourth-order valence-electron chi connectivity index (χ4n) is 2.66. The molecule has 0 radical (unpaired) electrons. The maximum Gasteiger partial charge on any atom is 0.118 e. The van der Waals surface area contributed by atoms with Crippen LogP contribution in [0, 0.1) is 0 Å². The van der Waals surface area contributed by atoms with Crippen molar-refractivity contribution in [3.05, 3.63) is 29.8 Å². The first-order valence-electron chi connectivity index (χ1n) is 6.28.